The summed E-state index contributed by atoms with van der Waals surface area (Å²) in [5.74, 6) is 0.297. The third-order valence-electron chi connectivity index (χ3n) is 4.70. The first-order valence-corrected chi connectivity index (χ1v) is 9.15. The molecule has 28 heavy (non-hydrogen) atoms. The monoisotopic (exact) mass is 372 g/mol. The van der Waals surface area contributed by atoms with Crippen molar-refractivity contribution in [1.29, 1.82) is 0 Å². The van der Waals surface area contributed by atoms with E-state index in [2.05, 4.69) is 48.4 Å². The summed E-state index contributed by atoms with van der Waals surface area (Å²) in [5.41, 5.74) is 8.08. The van der Waals surface area contributed by atoms with Gasteiger partial charge in [0.15, 0.2) is 5.84 Å². The SMILES string of the molecule is CC(C)(C)c1ccc(C2=Nc3ccc(F)cc3C(c3ccncc3)=NN2)cc1. The molecule has 1 aromatic heterocycles. The van der Waals surface area contributed by atoms with E-state index in [0.717, 1.165) is 11.1 Å². The zero-order valence-electron chi connectivity index (χ0n) is 16.1. The van der Waals surface area contributed by atoms with Crippen LogP contribution < -0.4 is 5.43 Å². The molecule has 1 aliphatic rings. The van der Waals surface area contributed by atoms with Gasteiger partial charge in [-0.25, -0.2) is 9.38 Å². The van der Waals surface area contributed by atoms with Crippen LogP contribution in [0.3, 0.4) is 0 Å². The van der Waals surface area contributed by atoms with Gasteiger partial charge in [-0.3, -0.25) is 10.4 Å². The molecule has 0 fully saturated rings. The van der Waals surface area contributed by atoms with E-state index in [1.807, 2.05) is 24.3 Å². The molecule has 4 nitrogen and oxygen atoms in total. The average molecular weight is 372 g/mol. The van der Waals surface area contributed by atoms with Crippen LogP contribution in [-0.2, 0) is 5.41 Å². The number of hydrogen-bond donors (Lipinski definition) is 1. The van der Waals surface area contributed by atoms with Gasteiger partial charge in [-0.2, -0.15) is 5.10 Å². The number of fused-ring (bicyclic) bond motifs is 1. The summed E-state index contributed by atoms with van der Waals surface area (Å²) in [7, 11) is 0. The van der Waals surface area contributed by atoms with Crippen LogP contribution in [0.15, 0.2) is 77.1 Å². The van der Waals surface area contributed by atoms with Crippen LogP contribution in [0, 0.1) is 5.82 Å². The minimum absolute atomic E-state index is 0.0774. The lowest BCUT2D eigenvalue weighted by Crippen LogP contribution is -2.20. The number of hydrazone groups is 1. The van der Waals surface area contributed by atoms with Gasteiger partial charge in [-0.15, -0.1) is 0 Å². The lowest BCUT2D eigenvalue weighted by atomic mass is 9.86. The molecule has 0 radical (unpaired) electrons. The van der Waals surface area contributed by atoms with Crippen molar-refractivity contribution in [3.05, 3.63) is 95.1 Å². The molecule has 0 amide bonds. The Bertz CT molecular complexity index is 1060. The first kappa shape index (κ1) is 18.0. The minimum Gasteiger partial charge on any atom is -0.265 e. The minimum atomic E-state index is -0.325. The van der Waals surface area contributed by atoms with Gasteiger partial charge in [-0.1, -0.05) is 45.0 Å². The zero-order valence-corrected chi connectivity index (χ0v) is 16.1. The highest BCUT2D eigenvalue weighted by Crippen LogP contribution is 2.27. The second kappa shape index (κ2) is 7.00. The summed E-state index contributed by atoms with van der Waals surface area (Å²) in [5, 5.41) is 4.55. The smallest absolute Gasteiger partial charge is 0.154 e. The Morgan fingerprint density at radius 3 is 2.25 bits per heavy atom. The fraction of sp³-hybridized carbons (Fsp3) is 0.174. The second-order valence-electron chi connectivity index (χ2n) is 7.76. The van der Waals surface area contributed by atoms with Crippen LogP contribution in [0.25, 0.3) is 0 Å². The van der Waals surface area contributed by atoms with E-state index in [9.17, 15) is 4.39 Å². The van der Waals surface area contributed by atoms with Crippen molar-refractivity contribution >= 4 is 17.2 Å². The number of nitrogens with zero attached hydrogens (tertiary/aromatic N) is 3. The van der Waals surface area contributed by atoms with Crippen molar-refractivity contribution < 1.29 is 4.39 Å². The van der Waals surface area contributed by atoms with Crippen molar-refractivity contribution in [2.45, 2.75) is 26.2 Å². The Balaban J connectivity index is 1.80. The fourth-order valence-electron chi connectivity index (χ4n) is 3.10. The van der Waals surface area contributed by atoms with Crippen molar-refractivity contribution in [3.8, 4) is 0 Å². The zero-order chi connectivity index (χ0) is 19.7. The Kier molecular flexibility index (Phi) is 4.51. The van der Waals surface area contributed by atoms with Crippen molar-refractivity contribution in [2.24, 2.45) is 10.1 Å². The summed E-state index contributed by atoms with van der Waals surface area (Å²) in [6, 6.07) is 16.5. The predicted molar refractivity (Wildman–Crippen MR) is 111 cm³/mol. The summed E-state index contributed by atoms with van der Waals surface area (Å²) >= 11 is 0. The standard InChI is InChI=1S/C23H21FN4/c1-23(2,3)17-6-4-16(5-7-17)22-26-20-9-8-18(24)14-19(20)21(27-28-22)15-10-12-25-13-11-15/h4-14H,1-3H3,(H,26,28). The number of halogens is 1. The van der Waals surface area contributed by atoms with Crippen LogP contribution >= 0.6 is 0 Å². The van der Waals surface area contributed by atoms with Gasteiger partial charge in [0.2, 0.25) is 0 Å². The van der Waals surface area contributed by atoms with E-state index < -0.39 is 0 Å². The molecule has 3 aromatic rings. The van der Waals surface area contributed by atoms with Gasteiger partial charge in [-0.05, 0) is 41.3 Å². The molecule has 1 N–H and O–H groups in total. The summed E-state index contributed by atoms with van der Waals surface area (Å²) in [4.78, 5) is 8.78. The molecule has 0 atom stereocenters. The molecule has 2 heterocycles. The third-order valence-corrected chi connectivity index (χ3v) is 4.70. The van der Waals surface area contributed by atoms with Gasteiger partial charge in [0.25, 0.3) is 0 Å². The fourth-order valence-corrected chi connectivity index (χ4v) is 3.10. The highest BCUT2D eigenvalue weighted by atomic mass is 19.1. The molecule has 0 aliphatic carbocycles. The number of pyridine rings is 1. The molecule has 1 aliphatic heterocycles. The van der Waals surface area contributed by atoms with E-state index in [1.54, 1.807) is 18.5 Å². The maximum Gasteiger partial charge on any atom is 0.154 e. The van der Waals surface area contributed by atoms with E-state index in [0.29, 0.717) is 22.8 Å². The lowest BCUT2D eigenvalue weighted by molar-refractivity contribution is 0.590. The van der Waals surface area contributed by atoms with Gasteiger partial charge in [0, 0.05) is 29.1 Å². The predicted octanol–water partition coefficient (Wildman–Crippen LogP) is 4.95. The third kappa shape index (κ3) is 3.56. The molecular formula is C23H21FN4. The Hall–Kier alpha value is -3.34. The van der Waals surface area contributed by atoms with Gasteiger partial charge in [0.1, 0.15) is 11.5 Å². The number of aliphatic imine (C=N–C) groups is 1. The normalized spacial score (nSPS) is 13.7. The molecule has 5 heteroatoms. The molecule has 140 valence electrons. The summed E-state index contributed by atoms with van der Waals surface area (Å²) < 4.78 is 14.0. The van der Waals surface area contributed by atoms with Crippen LogP contribution in [0.4, 0.5) is 10.1 Å². The van der Waals surface area contributed by atoms with E-state index in [1.165, 1.54) is 17.7 Å². The lowest BCUT2D eigenvalue weighted by Gasteiger charge is -2.19. The molecule has 0 unspecified atom stereocenters. The Morgan fingerprint density at radius 1 is 0.857 bits per heavy atom. The maximum absolute atomic E-state index is 14.0. The van der Waals surface area contributed by atoms with Crippen LogP contribution in [-0.4, -0.2) is 16.5 Å². The highest BCUT2D eigenvalue weighted by molar-refractivity contribution is 6.17. The van der Waals surface area contributed by atoms with Crippen molar-refractivity contribution in [1.82, 2.24) is 10.4 Å². The molecule has 0 spiro atoms. The van der Waals surface area contributed by atoms with E-state index >= 15 is 0 Å². The molecule has 0 bridgehead atoms. The number of aromatic nitrogens is 1. The summed E-state index contributed by atoms with van der Waals surface area (Å²) in [6.45, 7) is 6.54. The number of benzene rings is 2. The Morgan fingerprint density at radius 2 is 1.57 bits per heavy atom. The molecule has 0 saturated carbocycles. The second-order valence-corrected chi connectivity index (χ2v) is 7.76. The average Bonchev–Trinajstić information content (AvgIpc) is 2.87. The highest BCUT2D eigenvalue weighted by Gasteiger charge is 2.19. The maximum atomic E-state index is 14.0. The van der Waals surface area contributed by atoms with Crippen molar-refractivity contribution in [3.63, 3.8) is 0 Å². The number of hydrogen-bond acceptors (Lipinski definition) is 4. The largest absolute Gasteiger partial charge is 0.265 e. The molecule has 4 rings (SSSR count). The quantitative estimate of drug-likeness (QED) is 0.692. The molecular weight excluding hydrogens is 351 g/mol. The van der Waals surface area contributed by atoms with E-state index in [-0.39, 0.29) is 11.2 Å². The first-order chi connectivity index (χ1) is 13.4. The van der Waals surface area contributed by atoms with E-state index in [4.69, 9.17) is 4.99 Å². The molecule has 2 aromatic carbocycles. The summed E-state index contributed by atoms with van der Waals surface area (Å²) in [6.07, 6.45) is 3.38. The Labute approximate surface area is 163 Å². The number of rotatable bonds is 2. The van der Waals surface area contributed by atoms with Gasteiger partial charge in [0.05, 0.1) is 5.69 Å². The number of amidine groups is 1. The van der Waals surface area contributed by atoms with Crippen LogP contribution in [0.1, 0.15) is 43.0 Å². The van der Waals surface area contributed by atoms with Crippen LogP contribution in [0.2, 0.25) is 0 Å². The number of nitrogens with one attached hydrogen (secondary N) is 1. The van der Waals surface area contributed by atoms with Crippen molar-refractivity contribution in [2.75, 3.05) is 0 Å². The van der Waals surface area contributed by atoms with Crippen LogP contribution in [0.5, 0.6) is 0 Å². The van der Waals surface area contributed by atoms with Gasteiger partial charge >= 0.3 is 0 Å². The topological polar surface area (TPSA) is 49.6 Å². The molecule has 0 saturated heterocycles. The van der Waals surface area contributed by atoms with Gasteiger partial charge < -0.3 is 0 Å². The first-order valence-electron chi connectivity index (χ1n) is 9.15.